The highest BCUT2D eigenvalue weighted by Crippen LogP contribution is 2.52. The zero-order valence-electron chi connectivity index (χ0n) is 21.7. The van der Waals surface area contributed by atoms with E-state index in [0.29, 0.717) is 22.9 Å². The van der Waals surface area contributed by atoms with Gasteiger partial charge in [0.15, 0.2) is 11.5 Å². The summed E-state index contributed by atoms with van der Waals surface area (Å²) in [7, 11) is 1.06. The number of hydrogen-bond donors (Lipinski definition) is 2. The van der Waals surface area contributed by atoms with E-state index >= 15 is 0 Å². The number of aryl methyl sites for hydroxylation is 2. The molecule has 1 aliphatic heterocycles. The second-order valence-corrected chi connectivity index (χ2v) is 11.3. The van der Waals surface area contributed by atoms with Crippen molar-refractivity contribution in [3.05, 3.63) is 82.9 Å². The highest BCUT2D eigenvalue weighted by atomic mass is 32.2. The van der Waals surface area contributed by atoms with Crippen molar-refractivity contribution in [3.63, 3.8) is 0 Å². The Bertz CT molecular complexity index is 1460. The minimum atomic E-state index is -3.75. The quantitative estimate of drug-likeness (QED) is 0.374. The van der Waals surface area contributed by atoms with Crippen molar-refractivity contribution < 1.29 is 22.6 Å². The molecule has 0 spiro atoms. The molecule has 0 saturated carbocycles. The highest BCUT2D eigenvalue weighted by molar-refractivity contribution is 7.92. The van der Waals surface area contributed by atoms with Crippen LogP contribution < -0.4 is 24.2 Å². The lowest BCUT2D eigenvalue weighted by Crippen LogP contribution is -2.29. The molecule has 2 aliphatic rings. The number of nitrogens with one attached hydrogen (secondary N) is 2. The molecule has 0 amide bonds. The molecule has 1 heterocycles. The van der Waals surface area contributed by atoms with E-state index in [4.69, 9.17) is 14.2 Å². The van der Waals surface area contributed by atoms with Gasteiger partial charge in [-0.15, -0.1) is 0 Å². The first-order valence-corrected chi connectivity index (χ1v) is 13.7. The van der Waals surface area contributed by atoms with Gasteiger partial charge in [0.05, 0.1) is 38.0 Å². The standard InChI is InChI=1S/C29H32N2O5S/c1-17-9-11-24(18(2)13-17)31-37(32,33)20-10-12-25-23(16-20)21-7-6-8-22(21)28(30-25)19-14-26(34-3)29(36-5)27(15-19)35-4/h6-7,9-16,21-22,28,30-31H,8H2,1-5H3. The van der Waals surface area contributed by atoms with Gasteiger partial charge < -0.3 is 19.5 Å². The largest absolute Gasteiger partial charge is 0.493 e. The molecule has 0 saturated heterocycles. The van der Waals surface area contributed by atoms with Gasteiger partial charge in [0.2, 0.25) is 5.75 Å². The van der Waals surface area contributed by atoms with Crippen molar-refractivity contribution in [2.45, 2.75) is 37.1 Å². The maximum atomic E-state index is 13.3. The normalized spacial score (nSPS) is 20.0. The lowest BCUT2D eigenvalue weighted by molar-refractivity contribution is 0.322. The number of anilines is 2. The predicted octanol–water partition coefficient (Wildman–Crippen LogP) is 5.96. The Hall–Kier alpha value is -3.65. The second-order valence-electron chi connectivity index (χ2n) is 9.61. The van der Waals surface area contributed by atoms with Crippen molar-refractivity contribution in [1.29, 1.82) is 0 Å². The number of fused-ring (bicyclic) bond motifs is 3. The Morgan fingerprint density at radius 2 is 1.65 bits per heavy atom. The minimum absolute atomic E-state index is 0.0167. The van der Waals surface area contributed by atoms with E-state index in [0.717, 1.165) is 34.4 Å². The van der Waals surface area contributed by atoms with E-state index in [-0.39, 0.29) is 22.8 Å². The summed E-state index contributed by atoms with van der Waals surface area (Å²) >= 11 is 0. The molecule has 7 nitrogen and oxygen atoms in total. The summed E-state index contributed by atoms with van der Waals surface area (Å²) in [6.07, 6.45) is 5.23. The van der Waals surface area contributed by atoms with Gasteiger partial charge in [0, 0.05) is 11.6 Å². The average molecular weight is 521 g/mol. The molecule has 0 bridgehead atoms. The molecule has 3 atom stereocenters. The molecular weight excluding hydrogens is 488 g/mol. The van der Waals surface area contributed by atoms with Crippen molar-refractivity contribution in [3.8, 4) is 17.2 Å². The fraction of sp³-hybridized carbons (Fsp3) is 0.310. The average Bonchev–Trinajstić information content (AvgIpc) is 3.39. The Balaban J connectivity index is 1.50. The van der Waals surface area contributed by atoms with Crippen LogP contribution in [-0.2, 0) is 10.0 Å². The lowest BCUT2D eigenvalue weighted by Gasteiger charge is -2.38. The minimum Gasteiger partial charge on any atom is -0.493 e. The molecule has 37 heavy (non-hydrogen) atoms. The van der Waals surface area contributed by atoms with Crippen molar-refractivity contribution in [1.82, 2.24) is 0 Å². The Kier molecular flexibility index (Phi) is 6.54. The molecule has 1 aliphatic carbocycles. The van der Waals surface area contributed by atoms with Crippen LogP contribution in [0, 0.1) is 19.8 Å². The number of methoxy groups -OCH3 is 3. The van der Waals surface area contributed by atoms with Crippen molar-refractivity contribution in [2.24, 2.45) is 5.92 Å². The number of rotatable bonds is 7. The van der Waals surface area contributed by atoms with E-state index < -0.39 is 10.0 Å². The highest BCUT2D eigenvalue weighted by Gasteiger charge is 2.39. The third-order valence-electron chi connectivity index (χ3n) is 7.32. The molecule has 3 unspecified atom stereocenters. The van der Waals surface area contributed by atoms with Gasteiger partial charge in [-0.2, -0.15) is 0 Å². The summed E-state index contributed by atoms with van der Waals surface area (Å²) in [5.41, 5.74) is 5.47. The summed E-state index contributed by atoms with van der Waals surface area (Å²) in [4.78, 5) is 0.248. The van der Waals surface area contributed by atoms with E-state index in [1.54, 1.807) is 39.5 Å². The van der Waals surface area contributed by atoms with Crippen LogP contribution >= 0.6 is 0 Å². The number of allylic oxidation sites excluding steroid dienone is 2. The summed E-state index contributed by atoms with van der Waals surface area (Å²) in [6, 6.07) is 14.9. The Morgan fingerprint density at radius 3 is 2.30 bits per heavy atom. The van der Waals surface area contributed by atoms with Crippen LogP contribution in [0.25, 0.3) is 0 Å². The van der Waals surface area contributed by atoms with E-state index in [1.165, 1.54) is 0 Å². The zero-order chi connectivity index (χ0) is 26.3. The van der Waals surface area contributed by atoms with Crippen LogP contribution in [0.4, 0.5) is 11.4 Å². The maximum Gasteiger partial charge on any atom is 0.261 e. The van der Waals surface area contributed by atoms with E-state index in [2.05, 4.69) is 22.2 Å². The van der Waals surface area contributed by atoms with Crippen LogP contribution in [0.1, 0.15) is 40.6 Å². The molecule has 0 aromatic heterocycles. The molecular formula is C29H32N2O5S. The van der Waals surface area contributed by atoms with Crippen LogP contribution in [0.15, 0.2) is 65.6 Å². The van der Waals surface area contributed by atoms with Crippen LogP contribution in [0.5, 0.6) is 17.2 Å². The first kappa shape index (κ1) is 25.0. The predicted molar refractivity (Wildman–Crippen MR) is 146 cm³/mol. The topological polar surface area (TPSA) is 85.9 Å². The van der Waals surface area contributed by atoms with Crippen LogP contribution in [-0.4, -0.2) is 29.7 Å². The van der Waals surface area contributed by atoms with Gasteiger partial charge >= 0.3 is 0 Å². The first-order chi connectivity index (χ1) is 17.7. The van der Waals surface area contributed by atoms with Crippen LogP contribution in [0.3, 0.4) is 0 Å². The number of ether oxygens (including phenoxy) is 3. The summed E-state index contributed by atoms with van der Waals surface area (Å²) in [5.74, 6) is 2.05. The third kappa shape index (κ3) is 4.50. The SMILES string of the molecule is COc1cc(C2Nc3ccc(S(=O)(=O)Nc4ccc(C)cc4C)cc3C3C=CCC32)cc(OC)c1OC. The number of sulfonamides is 1. The molecule has 2 N–H and O–H groups in total. The third-order valence-corrected chi connectivity index (χ3v) is 8.68. The van der Waals surface area contributed by atoms with Crippen LogP contribution in [0.2, 0.25) is 0 Å². The molecule has 8 heteroatoms. The Labute approximate surface area is 218 Å². The number of benzene rings is 3. The summed E-state index contributed by atoms with van der Waals surface area (Å²) < 4.78 is 46.1. The van der Waals surface area contributed by atoms with Gasteiger partial charge in [-0.05, 0) is 79.3 Å². The summed E-state index contributed by atoms with van der Waals surface area (Å²) in [6.45, 7) is 3.89. The molecule has 194 valence electrons. The van der Waals surface area contributed by atoms with E-state index in [1.807, 2.05) is 44.2 Å². The lowest BCUT2D eigenvalue weighted by atomic mass is 9.77. The van der Waals surface area contributed by atoms with Gasteiger partial charge in [0.25, 0.3) is 10.0 Å². The molecule has 0 radical (unpaired) electrons. The van der Waals surface area contributed by atoms with Gasteiger partial charge in [0.1, 0.15) is 0 Å². The summed E-state index contributed by atoms with van der Waals surface area (Å²) in [5, 5.41) is 3.66. The van der Waals surface area contributed by atoms with Gasteiger partial charge in [-0.3, -0.25) is 4.72 Å². The van der Waals surface area contributed by atoms with Gasteiger partial charge in [-0.25, -0.2) is 8.42 Å². The molecule has 0 fully saturated rings. The Morgan fingerprint density at radius 1 is 0.919 bits per heavy atom. The molecule has 5 rings (SSSR count). The van der Waals surface area contributed by atoms with E-state index in [9.17, 15) is 8.42 Å². The number of hydrogen-bond acceptors (Lipinski definition) is 6. The monoisotopic (exact) mass is 520 g/mol. The first-order valence-electron chi connectivity index (χ1n) is 12.2. The second kappa shape index (κ2) is 9.67. The van der Waals surface area contributed by atoms with Crippen molar-refractivity contribution >= 4 is 21.4 Å². The van der Waals surface area contributed by atoms with Crippen molar-refractivity contribution in [2.75, 3.05) is 31.4 Å². The smallest absolute Gasteiger partial charge is 0.261 e. The maximum absolute atomic E-state index is 13.3. The molecule has 3 aromatic rings. The zero-order valence-corrected chi connectivity index (χ0v) is 22.5. The fourth-order valence-electron chi connectivity index (χ4n) is 5.48. The van der Waals surface area contributed by atoms with Gasteiger partial charge in [-0.1, -0.05) is 29.8 Å². The molecule has 3 aromatic carbocycles. The fourth-order valence-corrected chi connectivity index (χ4v) is 6.65.